The van der Waals surface area contributed by atoms with Crippen LogP contribution in [0.1, 0.15) is 18.3 Å². The second kappa shape index (κ2) is 7.47. The van der Waals surface area contributed by atoms with Gasteiger partial charge in [-0.3, -0.25) is 4.57 Å². The van der Waals surface area contributed by atoms with Crippen LogP contribution in [0.3, 0.4) is 0 Å². The quantitative estimate of drug-likeness (QED) is 0.378. The second-order valence-corrected chi connectivity index (χ2v) is 6.07. The molecule has 1 N–H and O–H groups in total. The lowest BCUT2D eigenvalue weighted by Crippen LogP contribution is -2.00. The molecular formula is C18H19ClN6. The van der Waals surface area contributed by atoms with E-state index in [0.29, 0.717) is 11.6 Å². The standard InChI is InChI=1S/C18H19ClN6/c1-3-18-23-16-11-15(21-2)14(19)10-17(16)25(18)13-6-4-12(5-7-13)8-9-22-24-20/h4-7,10-11,21H,3,8-9H2,1-2H3. The normalized spacial score (nSPS) is 10.7. The lowest BCUT2D eigenvalue weighted by Gasteiger charge is -2.10. The Balaban J connectivity index is 2.04. The molecule has 128 valence electrons. The van der Waals surface area contributed by atoms with E-state index in [1.807, 2.05) is 19.2 Å². The first-order chi connectivity index (χ1) is 12.2. The number of hydrogen-bond donors (Lipinski definition) is 1. The molecule has 0 radical (unpaired) electrons. The molecule has 0 aliphatic heterocycles. The summed E-state index contributed by atoms with van der Waals surface area (Å²) < 4.78 is 2.14. The van der Waals surface area contributed by atoms with Gasteiger partial charge in [-0.2, -0.15) is 0 Å². The number of fused-ring (bicyclic) bond motifs is 1. The molecule has 1 aromatic heterocycles. The number of azide groups is 1. The maximum atomic E-state index is 8.36. The number of rotatable bonds is 6. The number of nitrogens with one attached hydrogen (secondary N) is 1. The highest BCUT2D eigenvalue weighted by Crippen LogP contribution is 2.30. The molecule has 6 nitrogen and oxygen atoms in total. The molecule has 3 rings (SSSR count). The van der Waals surface area contributed by atoms with E-state index in [-0.39, 0.29) is 0 Å². The Morgan fingerprint density at radius 3 is 2.68 bits per heavy atom. The van der Waals surface area contributed by atoms with Crippen molar-refractivity contribution in [2.75, 3.05) is 18.9 Å². The van der Waals surface area contributed by atoms with Crippen LogP contribution in [0.5, 0.6) is 0 Å². The number of nitrogens with zero attached hydrogens (tertiary/aromatic N) is 5. The number of aromatic nitrogens is 2. The summed E-state index contributed by atoms with van der Waals surface area (Å²) in [5, 5.41) is 7.34. The van der Waals surface area contributed by atoms with Crippen LogP contribution in [-0.4, -0.2) is 23.1 Å². The van der Waals surface area contributed by atoms with Gasteiger partial charge in [0.1, 0.15) is 5.82 Å². The monoisotopic (exact) mass is 354 g/mol. The molecule has 7 heteroatoms. The predicted octanol–water partition coefficient (Wildman–Crippen LogP) is 5.14. The molecule has 0 amide bonds. The first kappa shape index (κ1) is 17.1. The molecule has 0 saturated heterocycles. The maximum Gasteiger partial charge on any atom is 0.114 e. The summed E-state index contributed by atoms with van der Waals surface area (Å²) in [4.78, 5) is 7.53. The van der Waals surface area contributed by atoms with Crippen molar-refractivity contribution >= 4 is 28.3 Å². The van der Waals surface area contributed by atoms with Crippen LogP contribution in [0, 0.1) is 0 Å². The molecule has 0 aliphatic carbocycles. The average Bonchev–Trinajstić information content (AvgIpc) is 2.99. The molecule has 0 bridgehead atoms. The van der Waals surface area contributed by atoms with Gasteiger partial charge in [0.2, 0.25) is 0 Å². The minimum Gasteiger partial charge on any atom is -0.387 e. The molecule has 2 aromatic carbocycles. The smallest absolute Gasteiger partial charge is 0.114 e. The Morgan fingerprint density at radius 2 is 2.04 bits per heavy atom. The van der Waals surface area contributed by atoms with Crippen molar-refractivity contribution in [3.8, 4) is 5.69 Å². The Labute approximate surface area is 151 Å². The number of halogens is 1. The van der Waals surface area contributed by atoms with E-state index in [1.165, 1.54) is 0 Å². The Bertz CT molecular complexity index is 938. The summed E-state index contributed by atoms with van der Waals surface area (Å²) >= 11 is 6.37. The highest BCUT2D eigenvalue weighted by atomic mass is 35.5. The van der Waals surface area contributed by atoms with Crippen LogP contribution in [0.4, 0.5) is 5.69 Å². The fourth-order valence-electron chi connectivity index (χ4n) is 2.90. The minimum atomic E-state index is 0.465. The third kappa shape index (κ3) is 3.40. The van der Waals surface area contributed by atoms with Gasteiger partial charge in [0.15, 0.2) is 0 Å². The molecule has 25 heavy (non-hydrogen) atoms. The van der Waals surface area contributed by atoms with Crippen LogP contribution >= 0.6 is 11.6 Å². The third-order valence-corrected chi connectivity index (χ3v) is 4.47. The molecular weight excluding hydrogens is 336 g/mol. The highest BCUT2D eigenvalue weighted by Gasteiger charge is 2.13. The third-order valence-electron chi connectivity index (χ3n) is 4.16. The van der Waals surface area contributed by atoms with E-state index in [1.54, 1.807) is 0 Å². The number of anilines is 1. The van der Waals surface area contributed by atoms with Crippen LogP contribution in [-0.2, 0) is 12.8 Å². The molecule has 0 atom stereocenters. The average molecular weight is 355 g/mol. The Morgan fingerprint density at radius 1 is 1.28 bits per heavy atom. The zero-order valence-electron chi connectivity index (χ0n) is 14.2. The van der Waals surface area contributed by atoms with Crippen molar-refractivity contribution in [2.45, 2.75) is 19.8 Å². The van der Waals surface area contributed by atoms with E-state index in [2.05, 4.69) is 51.1 Å². The topological polar surface area (TPSA) is 78.6 Å². The molecule has 0 fully saturated rings. The molecule has 0 unspecified atom stereocenters. The number of benzene rings is 2. The summed E-state index contributed by atoms with van der Waals surface area (Å²) in [7, 11) is 1.85. The largest absolute Gasteiger partial charge is 0.387 e. The molecule has 0 saturated carbocycles. The van der Waals surface area contributed by atoms with Crippen molar-refractivity contribution in [2.24, 2.45) is 5.11 Å². The summed E-state index contributed by atoms with van der Waals surface area (Å²) in [6.07, 6.45) is 1.55. The van der Waals surface area contributed by atoms with Crippen molar-refractivity contribution in [3.63, 3.8) is 0 Å². The molecule has 1 heterocycles. The maximum absolute atomic E-state index is 8.36. The van der Waals surface area contributed by atoms with Gasteiger partial charge in [-0.05, 0) is 41.8 Å². The summed E-state index contributed by atoms with van der Waals surface area (Å²) in [6.45, 7) is 2.55. The predicted molar refractivity (Wildman–Crippen MR) is 103 cm³/mol. The summed E-state index contributed by atoms with van der Waals surface area (Å²) in [6, 6.07) is 12.2. The summed E-state index contributed by atoms with van der Waals surface area (Å²) in [5.41, 5.74) is 13.3. The van der Waals surface area contributed by atoms with Gasteiger partial charge in [0.25, 0.3) is 0 Å². The zero-order valence-corrected chi connectivity index (χ0v) is 15.0. The van der Waals surface area contributed by atoms with E-state index >= 15 is 0 Å². The minimum absolute atomic E-state index is 0.465. The van der Waals surface area contributed by atoms with Crippen LogP contribution < -0.4 is 5.32 Å². The van der Waals surface area contributed by atoms with E-state index in [0.717, 1.165) is 46.6 Å². The zero-order chi connectivity index (χ0) is 17.8. The molecule has 3 aromatic rings. The second-order valence-electron chi connectivity index (χ2n) is 5.66. The van der Waals surface area contributed by atoms with Crippen molar-refractivity contribution in [3.05, 3.63) is 63.3 Å². The molecule has 0 aliphatic rings. The van der Waals surface area contributed by atoms with Gasteiger partial charge in [-0.1, -0.05) is 35.8 Å². The van der Waals surface area contributed by atoms with Gasteiger partial charge >= 0.3 is 0 Å². The van der Waals surface area contributed by atoms with E-state index in [9.17, 15) is 0 Å². The highest BCUT2D eigenvalue weighted by molar-refractivity contribution is 6.34. The Hall–Kier alpha value is -2.69. The number of imidazole rings is 1. The van der Waals surface area contributed by atoms with Crippen molar-refractivity contribution < 1.29 is 0 Å². The SMILES string of the molecule is CCc1nc2cc(NC)c(Cl)cc2n1-c1ccc(CCN=[N+]=[N-])cc1. The van der Waals surface area contributed by atoms with Crippen molar-refractivity contribution in [1.82, 2.24) is 9.55 Å². The van der Waals surface area contributed by atoms with Gasteiger partial charge < -0.3 is 5.32 Å². The van der Waals surface area contributed by atoms with E-state index in [4.69, 9.17) is 22.1 Å². The van der Waals surface area contributed by atoms with Crippen LogP contribution in [0.15, 0.2) is 41.5 Å². The number of hydrogen-bond acceptors (Lipinski definition) is 3. The van der Waals surface area contributed by atoms with Gasteiger partial charge in [-0.25, -0.2) is 4.98 Å². The summed E-state index contributed by atoms with van der Waals surface area (Å²) in [5.74, 6) is 0.987. The Kier molecular flexibility index (Phi) is 5.12. The lowest BCUT2D eigenvalue weighted by molar-refractivity contribution is 0.905. The van der Waals surface area contributed by atoms with Gasteiger partial charge in [0, 0.05) is 30.6 Å². The fourth-order valence-corrected chi connectivity index (χ4v) is 3.15. The van der Waals surface area contributed by atoms with Gasteiger partial charge in [0.05, 0.1) is 21.7 Å². The molecule has 0 spiro atoms. The van der Waals surface area contributed by atoms with Gasteiger partial charge in [-0.15, -0.1) is 0 Å². The first-order valence-corrected chi connectivity index (χ1v) is 8.54. The number of aryl methyl sites for hydroxylation is 1. The van der Waals surface area contributed by atoms with Crippen molar-refractivity contribution in [1.29, 1.82) is 0 Å². The fraction of sp³-hybridized carbons (Fsp3) is 0.278. The van der Waals surface area contributed by atoms with E-state index < -0.39 is 0 Å². The first-order valence-electron chi connectivity index (χ1n) is 8.16. The van der Waals surface area contributed by atoms with Crippen LogP contribution in [0.25, 0.3) is 27.2 Å². The lowest BCUT2D eigenvalue weighted by atomic mass is 10.1. The van der Waals surface area contributed by atoms with Crippen LogP contribution in [0.2, 0.25) is 5.02 Å².